The van der Waals surface area contributed by atoms with Gasteiger partial charge in [0.25, 0.3) is 0 Å². The summed E-state index contributed by atoms with van der Waals surface area (Å²) in [5, 5.41) is 37.0. The third kappa shape index (κ3) is 4.76. The van der Waals surface area contributed by atoms with E-state index >= 15 is 0 Å². The van der Waals surface area contributed by atoms with Gasteiger partial charge in [0.2, 0.25) is 0 Å². The summed E-state index contributed by atoms with van der Waals surface area (Å²) in [6.45, 7) is 4.62. The Morgan fingerprint density at radius 2 is 2.00 bits per heavy atom. The number of hydrogen-bond acceptors (Lipinski definition) is 8. The molecule has 2 aliphatic heterocycles. The molecular formula is C22H31F3N4O4S. The van der Waals surface area contributed by atoms with Gasteiger partial charge in [-0.2, -0.15) is 13.2 Å². The number of hydrogen-bond donors (Lipinski definition) is 3. The van der Waals surface area contributed by atoms with Crippen LogP contribution in [0.2, 0.25) is 0 Å². The third-order valence-electron chi connectivity index (χ3n) is 6.99. The highest BCUT2D eigenvalue weighted by molar-refractivity contribution is 7.12. The van der Waals surface area contributed by atoms with Crippen molar-refractivity contribution >= 4 is 11.3 Å². The Morgan fingerprint density at radius 1 is 1.26 bits per heavy atom. The zero-order valence-corrected chi connectivity index (χ0v) is 20.1. The average molecular weight is 505 g/mol. The summed E-state index contributed by atoms with van der Waals surface area (Å²) in [5.74, 6) is 0. The first-order valence-electron chi connectivity index (χ1n) is 11.4. The lowest BCUT2D eigenvalue weighted by molar-refractivity contribution is -0.135. The van der Waals surface area contributed by atoms with E-state index in [9.17, 15) is 28.5 Å². The molecular weight excluding hydrogens is 473 g/mol. The lowest BCUT2D eigenvalue weighted by atomic mass is 9.81. The van der Waals surface area contributed by atoms with E-state index in [1.165, 1.54) is 0 Å². The van der Waals surface area contributed by atoms with Crippen molar-refractivity contribution in [1.82, 2.24) is 19.9 Å². The van der Waals surface area contributed by atoms with Crippen LogP contribution in [-0.2, 0) is 42.6 Å². The predicted molar refractivity (Wildman–Crippen MR) is 118 cm³/mol. The Labute approximate surface area is 200 Å². The van der Waals surface area contributed by atoms with Gasteiger partial charge in [-0.3, -0.25) is 9.58 Å². The normalized spacial score (nSPS) is 24.1. The number of aliphatic hydroxyl groups excluding tert-OH is 3. The van der Waals surface area contributed by atoms with E-state index in [0.717, 1.165) is 17.0 Å². The first-order chi connectivity index (χ1) is 16.0. The van der Waals surface area contributed by atoms with Gasteiger partial charge in [-0.25, -0.2) is 0 Å². The number of fused-ring (bicyclic) bond motifs is 2. The van der Waals surface area contributed by atoms with Crippen LogP contribution in [0.1, 0.15) is 53.3 Å². The number of piperidine rings is 1. The second kappa shape index (κ2) is 9.47. The monoisotopic (exact) mass is 504 g/mol. The molecule has 0 aliphatic carbocycles. The molecule has 0 unspecified atom stereocenters. The second-order valence-electron chi connectivity index (χ2n) is 9.77. The smallest absolute Gasteiger partial charge is 0.396 e. The molecule has 8 nitrogen and oxygen atoms in total. The molecule has 2 aromatic rings. The fourth-order valence-corrected chi connectivity index (χ4v) is 6.41. The second-order valence-corrected chi connectivity index (χ2v) is 10.8. The molecule has 4 rings (SSSR count). The molecule has 2 aliphatic rings. The number of ether oxygens (including phenoxy) is 1. The molecule has 0 radical (unpaired) electrons. The van der Waals surface area contributed by atoms with E-state index in [2.05, 4.69) is 15.2 Å². The van der Waals surface area contributed by atoms with Gasteiger partial charge >= 0.3 is 6.18 Å². The molecule has 1 saturated heterocycles. The summed E-state index contributed by atoms with van der Waals surface area (Å²) >= 11 is 0.724. The molecule has 12 heteroatoms. The van der Waals surface area contributed by atoms with Crippen LogP contribution >= 0.6 is 11.3 Å². The maximum absolute atomic E-state index is 13.6. The molecule has 2 atom stereocenters. The van der Waals surface area contributed by atoms with E-state index in [1.54, 1.807) is 17.8 Å². The van der Waals surface area contributed by atoms with Gasteiger partial charge in [-0.15, -0.1) is 16.4 Å². The van der Waals surface area contributed by atoms with Crippen molar-refractivity contribution in [3.63, 3.8) is 0 Å². The summed E-state index contributed by atoms with van der Waals surface area (Å²) in [4.78, 5) is 2.11. The lowest BCUT2D eigenvalue weighted by Gasteiger charge is -2.47. The van der Waals surface area contributed by atoms with Crippen molar-refractivity contribution in [3.8, 4) is 0 Å². The molecule has 34 heavy (non-hydrogen) atoms. The fraction of sp³-hybridized carbons (Fsp3) is 0.727. The highest BCUT2D eigenvalue weighted by Gasteiger charge is 2.48. The molecule has 190 valence electrons. The number of aromatic nitrogens is 3. The molecule has 0 bridgehead atoms. The van der Waals surface area contributed by atoms with Crippen LogP contribution in [-0.4, -0.2) is 67.6 Å². The van der Waals surface area contributed by atoms with Gasteiger partial charge in [0, 0.05) is 41.2 Å². The topological polar surface area (TPSA) is 104 Å². The van der Waals surface area contributed by atoms with Crippen LogP contribution in [0.3, 0.4) is 0 Å². The zero-order chi connectivity index (χ0) is 24.7. The zero-order valence-electron chi connectivity index (χ0n) is 19.3. The highest BCUT2D eigenvalue weighted by atomic mass is 32.1. The molecule has 0 aromatic carbocycles. The summed E-state index contributed by atoms with van der Waals surface area (Å²) in [6, 6.07) is 0.0269. The third-order valence-corrected chi connectivity index (χ3v) is 8.49. The SMILES string of the molecule is C[C@H]1C[C@@]2(CCN1Cc1cn(CC(C)(CO)CO)nn1)OCCc1c2sc(C(F)(F)F)c1CO. The number of aliphatic hydroxyl groups is 3. The number of rotatable bonds is 7. The first kappa shape index (κ1) is 25.5. The standard InChI is InChI=1S/C22H31F3N4O4S/c1-14-7-21(18-16(3-6-33-21)17(10-30)19(34-18)22(23,24)25)4-5-28(14)8-15-9-29(27-26-15)11-20(2,12-31)13-32/h9,14,30-32H,3-8,10-13H2,1-2H3/t14-,21+/m0/s1. The minimum atomic E-state index is -4.50. The van der Waals surface area contributed by atoms with Crippen molar-refractivity contribution < 1.29 is 33.2 Å². The van der Waals surface area contributed by atoms with Gasteiger partial charge in [0.05, 0.1) is 38.7 Å². The minimum absolute atomic E-state index is 0.000342. The van der Waals surface area contributed by atoms with E-state index < -0.39 is 28.7 Å². The number of halogens is 3. The number of nitrogens with zero attached hydrogens (tertiary/aromatic N) is 4. The maximum atomic E-state index is 13.6. The molecule has 3 N–H and O–H groups in total. The van der Waals surface area contributed by atoms with E-state index in [1.807, 2.05) is 6.92 Å². The van der Waals surface area contributed by atoms with E-state index in [0.29, 0.717) is 55.9 Å². The highest BCUT2D eigenvalue weighted by Crippen LogP contribution is 2.51. The Balaban J connectivity index is 1.49. The van der Waals surface area contributed by atoms with E-state index in [4.69, 9.17) is 4.74 Å². The van der Waals surface area contributed by atoms with Crippen LogP contribution in [0, 0.1) is 5.41 Å². The largest absolute Gasteiger partial charge is 0.425 e. The van der Waals surface area contributed by atoms with Gasteiger partial charge < -0.3 is 20.1 Å². The lowest BCUT2D eigenvalue weighted by Crippen LogP contribution is -2.50. The Bertz CT molecular complexity index is 1010. The van der Waals surface area contributed by atoms with Gasteiger partial charge in [0.1, 0.15) is 10.5 Å². The average Bonchev–Trinajstić information content (AvgIpc) is 3.40. The van der Waals surface area contributed by atoms with Crippen molar-refractivity contribution in [1.29, 1.82) is 0 Å². The van der Waals surface area contributed by atoms with Crippen molar-refractivity contribution in [3.05, 3.63) is 32.8 Å². The minimum Gasteiger partial charge on any atom is -0.396 e. The van der Waals surface area contributed by atoms with Crippen LogP contribution in [0.25, 0.3) is 0 Å². The van der Waals surface area contributed by atoms with Gasteiger partial charge in [-0.05, 0) is 31.7 Å². The van der Waals surface area contributed by atoms with E-state index in [-0.39, 0.29) is 24.8 Å². The van der Waals surface area contributed by atoms with Gasteiger partial charge in [-0.1, -0.05) is 12.1 Å². The van der Waals surface area contributed by atoms with Crippen LogP contribution in [0.4, 0.5) is 13.2 Å². The first-order valence-corrected chi connectivity index (χ1v) is 12.2. The molecule has 0 amide bonds. The number of likely N-dealkylation sites (tertiary alicyclic amines) is 1. The Morgan fingerprint density at radius 3 is 2.62 bits per heavy atom. The van der Waals surface area contributed by atoms with Crippen LogP contribution in [0.15, 0.2) is 6.20 Å². The van der Waals surface area contributed by atoms with Crippen LogP contribution < -0.4 is 0 Å². The number of alkyl halides is 3. The molecule has 4 heterocycles. The summed E-state index contributed by atoms with van der Waals surface area (Å²) in [5.41, 5.74) is -0.132. The molecule has 0 saturated carbocycles. The molecule has 1 spiro atoms. The Kier molecular flexibility index (Phi) is 7.11. The number of thiophene rings is 1. The summed E-state index contributed by atoms with van der Waals surface area (Å²) in [7, 11) is 0. The van der Waals surface area contributed by atoms with Crippen molar-refractivity contribution in [2.24, 2.45) is 5.41 Å². The Hall–Kier alpha value is -1.57. The van der Waals surface area contributed by atoms with Crippen molar-refractivity contribution in [2.45, 2.75) is 70.6 Å². The van der Waals surface area contributed by atoms with Gasteiger partial charge in [0.15, 0.2) is 0 Å². The predicted octanol–water partition coefficient (Wildman–Crippen LogP) is 2.29. The van der Waals surface area contributed by atoms with Crippen LogP contribution in [0.5, 0.6) is 0 Å². The van der Waals surface area contributed by atoms with Crippen molar-refractivity contribution in [2.75, 3.05) is 26.4 Å². The quantitative estimate of drug-likeness (QED) is 0.532. The maximum Gasteiger partial charge on any atom is 0.425 e. The molecule has 1 fully saturated rings. The fourth-order valence-electron chi connectivity index (χ4n) is 5.00. The summed E-state index contributed by atoms with van der Waals surface area (Å²) < 4.78 is 48.6. The summed E-state index contributed by atoms with van der Waals surface area (Å²) in [6.07, 6.45) is -1.24. The molecule has 2 aromatic heterocycles.